The molecule has 3 rings (SSSR count). The topological polar surface area (TPSA) is 77.9 Å². The number of benzene rings is 2. The fourth-order valence-corrected chi connectivity index (χ4v) is 2.79. The number of H-pyrrole nitrogens is 1. The third-order valence-electron chi connectivity index (χ3n) is 4.02. The number of aromatic amines is 1. The van der Waals surface area contributed by atoms with Crippen LogP contribution < -0.4 is 10.1 Å². The van der Waals surface area contributed by atoms with Gasteiger partial charge < -0.3 is 15.0 Å². The fourth-order valence-electron chi connectivity index (χ4n) is 2.64. The van der Waals surface area contributed by atoms with Crippen LogP contribution in [0.5, 0.6) is 5.75 Å². The van der Waals surface area contributed by atoms with Gasteiger partial charge in [0, 0.05) is 33.8 Å². The van der Waals surface area contributed by atoms with Crippen LogP contribution in [0.3, 0.4) is 0 Å². The summed E-state index contributed by atoms with van der Waals surface area (Å²) in [6.45, 7) is 1.82. The first-order valence-corrected chi connectivity index (χ1v) is 8.24. The summed E-state index contributed by atoms with van der Waals surface area (Å²) in [6, 6.07) is 13.0. The summed E-state index contributed by atoms with van der Waals surface area (Å²) < 4.78 is 5.25. The number of ether oxygens (including phenoxy) is 1. The minimum atomic E-state index is -0.516. The van der Waals surface area contributed by atoms with Crippen molar-refractivity contribution in [3.63, 3.8) is 0 Å². The Labute approximate surface area is 155 Å². The van der Waals surface area contributed by atoms with Gasteiger partial charge >= 0.3 is 0 Å². The maximum absolute atomic E-state index is 12.6. The molecule has 2 aromatic carbocycles. The van der Waals surface area contributed by atoms with Crippen molar-refractivity contribution in [2.24, 2.45) is 0 Å². The number of para-hydroxylation sites is 1. The molecule has 0 aliphatic rings. The lowest BCUT2D eigenvalue weighted by atomic mass is 10.1. The fraction of sp³-hybridized carbons (Fsp3) is 0.100. The van der Waals surface area contributed by atoms with Crippen LogP contribution in [0.4, 0.5) is 5.69 Å². The number of halogens is 1. The molecule has 0 aliphatic carbocycles. The zero-order valence-electron chi connectivity index (χ0n) is 14.3. The standard InChI is InChI=1S/C20H16ClN3O2/c1-12-7-18(19(26-2)9-16(12)21)24-20(25)13(10-22)8-14-11-23-17-6-4-3-5-15(14)17/h3-9,11,23H,1-2H3,(H,24,25). The lowest BCUT2D eigenvalue weighted by Crippen LogP contribution is -2.14. The van der Waals surface area contributed by atoms with Gasteiger partial charge in [-0.3, -0.25) is 4.79 Å². The Morgan fingerprint density at radius 2 is 2.12 bits per heavy atom. The van der Waals surface area contributed by atoms with Gasteiger partial charge in [-0.25, -0.2) is 0 Å². The Kier molecular flexibility index (Phi) is 4.97. The van der Waals surface area contributed by atoms with Crippen LogP contribution in [0.15, 0.2) is 48.2 Å². The second-order valence-electron chi connectivity index (χ2n) is 5.72. The molecule has 0 bridgehead atoms. The van der Waals surface area contributed by atoms with E-state index in [2.05, 4.69) is 10.3 Å². The number of hydrogen-bond donors (Lipinski definition) is 2. The molecule has 0 atom stereocenters. The van der Waals surface area contributed by atoms with E-state index in [4.69, 9.17) is 16.3 Å². The summed E-state index contributed by atoms with van der Waals surface area (Å²) in [7, 11) is 1.49. The molecule has 0 saturated heterocycles. The van der Waals surface area contributed by atoms with Gasteiger partial charge in [-0.1, -0.05) is 29.8 Å². The molecule has 130 valence electrons. The van der Waals surface area contributed by atoms with Crippen molar-refractivity contribution >= 4 is 40.2 Å². The number of hydrogen-bond acceptors (Lipinski definition) is 3. The highest BCUT2D eigenvalue weighted by atomic mass is 35.5. The Morgan fingerprint density at radius 3 is 2.85 bits per heavy atom. The van der Waals surface area contributed by atoms with E-state index in [0.717, 1.165) is 22.0 Å². The van der Waals surface area contributed by atoms with Crippen molar-refractivity contribution in [1.29, 1.82) is 5.26 Å². The number of fused-ring (bicyclic) bond motifs is 1. The molecular formula is C20H16ClN3O2. The normalized spacial score (nSPS) is 11.2. The summed E-state index contributed by atoms with van der Waals surface area (Å²) >= 11 is 6.08. The van der Waals surface area contributed by atoms with Gasteiger partial charge in [0.2, 0.25) is 0 Å². The molecule has 1 heterocycles. The van der Waals surface area contributed by atoms with Crippen molar-refractivity contribution in [1.82, 2.24) is 4.98 Å². The maximum atomic E-state index is 12.6. The quantitative estimate of drug-likeness (QED) is 0.520. The average molecular weight is 366 g/mol. The monoisotopic (exact) mass is 365 g/mol. The minimum absolute atomic E-state index is 0.00981. The molecule has 2 N–H and O–H groups in total. The number of carbonyl (C=O) groups excluding carboxylic acids is 1. The van der Waals surface area contributed by atoms with Crippen LogP contribution in [0, 0.1) is 18.3 Å². The molecule has 0 radical (unpaired) electrons. The predicted octanol–water partition coefficient (Wildman–Crippen LogP) is 4.68. The lowest BCUT2D eigenvalue weighted by Gasteiger charge is -2.12. The van der Waals surface area contributed by atoms with Gasteiger partial charge in [0.1, 0.15) is 17.4 Å². The number of rotatable bonds is 4. The highest BCUT2D eigenvalue weighted by Gasteiger charge is 2.15. The second kappa shape index (κ2) is 7.34. The van der Waals surface area contributed by atoms with Crippen LogP contribution in [-0.4, -0.2) is 18.0 Å². The first kappa shape index (κ1) is 17.6. The second-order valence-corrected chi connectivity index (χ2v) is 6.12. The van der Waals surface area contributed by atoms with Gasteiger partial charge in [0.15, 0.2) is 0 Å². The van der Waals surface area contributed by atoms with Crippen molar-refractivity contribution in [3.8, 4) is 11.8 Å². The first-order chi connectivity index (χ1) is 12.5. The van der Waals surface area contributed by atoms with Crippen molar-refractivity contribution in [3.05, 3.63) is 64.3 Å². The molecular weight excluding hydrogens is 350 g/mol. The number of nitrogens with one attached hydrogen (secondary N) is 2. The van der Waals surface area contributed by atoms with E-state index >= 15 is 0 Å². The van der Waals surface area contributed by atoms with Gasteiger partial charge in [-0.05, 0) is 30.7 Å². The zero-order chi connectivity index (χ0) is 18.7. The molecule has 6 heteroatoms. The SMILES string of the molecule is COc1cc(Cl)c(C)cc1NC(=O)C(C#N)=Cc1c[nH]c2ccccc12. The van der Waals surface area contributed by atoms with Crippen LogP contribution in [0.1, 0.15) is 11.1 Å². The number of amides is 1. The van der Waals surface area contributed by atoms with Crippen LogP contribution >= 0.6 is 11.6 Å². The van der Waals surface area contributed by atoms with Crippen LogP contribution in [0.25, 0.3) is 17.0 Å². The zero-order valence-corrected chi connectivity index (χ0v) is 15.0. The van der Waals surface area contributed by atoms with E-state index in [1.54, 1.807) is 24.4 Å². The van der Waals surface area contributed by atoms with Crippen molar-refractivity contribution < 1.29 is 9.53 Å². The largest absolute Gasteiger partial charge is 0.495 e. The molecule has 0 saturated carbocycles. The Hall–Kier alpha value is -3.23. The summed E-state index contributed by atoms with van der Waals surface area (Å²) in [6.07, 6.45) is 3.33. The van der Waals surface area contributed by atoms with E-state index < -0.39 is 5.91 Å². The third kappa shape index (κ3) is 3.41. The van der Waals surface area contributed by atoms with E-state index in [9.17, 15) is 10.1 Å². The predicted molar refractivity (Wildman–Crippen MR) is 103 cm³/mol. The molecule has 26 heavy (non-hydrogen) atoms. The van der Waals surface area contributed by atoms with Crippen LogP contribution in [0.2, 0.25) is 5.02 Å². The van der Waals surface area contributed by atoms with Gasteiger partial charge in [-0.2, -0.15) is 5.26 Å². The van der Waals surface area contributed by atoms with Crippen LogP contribution in [-0.2, 0) is 4.79 Å². The molecule has 0 aliphatic heterocycles. The Morgan fingerprint density at radius 1 is 1.35 bits per heavy atom. The molecule has 1 aromatic heterocycles. The molecule has 3 aromatic rings. The first-order valence-electron chi connectivity index (χ1n) is 7.87. The highest BCUT2D eigenvalue weighted by molar-refractivity contribution is 6.31. The molecule has 1 amide bonds. The van der Waals surface area contributed by atoms with Gasteiger partial charge in [-0.15, -0.1) is 0 Å². The number of carbonyl (C=O) groups is 1. The van der Waals surface area contributed by atoms with E-state index in [1.807, 2.05) is 37.3 Å². The van der Waals surface area contributed by atoms with E-state index in [-0.39, 0.29) is 5.57 Å². The number of anilines is 1. The smallest absolute Gasteiger partial charge is 0.266 e. The molecule has 0 fully saturated rings. The maximum Gasteiger partial charge on any atom is 0.266 e. The van der Waals surface area contributed by atoms with Gasteiger partial charge in [0.25, 0.3) is 5.91 Å². The van der Waals surface area contributed by atoms with E-state index in [0.29, 0.717) is 16.5 Å². The third-order valence-corrected chi connectivity index (χ3v) is 4.42. The Balaban J connectivity index is 1.93. The average Bonchev–Trinajstić information content (AvgIpc) is 3.05. The number of nitriles is 1. The summed E-state index contributed by atoms with van der Waals surface area (Å²) in [5, 5.41) is 13.6. The summed E-state index contributed by atoms with van der Waals surface area (Å²) in [5.74, 6) is -0.0869. The van der Waals surface area contributed by atoms with E-state index in [1.165, 1.54) is 7.11 Å². The van der Waals surface area contributed by atoms with Crippen molar-refractivity contribution in [2.45, 2.75) is 6.92 Å². The number of aromatic nitrogens is 1. The minimum Gasteiger partial charge on any atom is -0.495 e. The Bertz CT molecular complexity index is 1060. The molecule has 5 nitrogen and oxygen atoms in total. The van der Waals surface area contributed by atoms with Gasteiger partial charge in [0.05, 0.1) is 12.8 Å². The molecule has 0 spiro atoms. The number of nitrogens with zero attached hydrogens (tertiary/aromatic N) is 1. The number of aryl methyl sites for hydroxylation is 1. The molecule has 0 unspecified atom stereocenters. The summed E-state index contributed by atoms with van der Waals surface area (Å²) in [5.41, 5.74) is 2.95. The summed E-state index contributed by atoms with van der Waals surface area (Å²) in [4.78, 5) is 15.7. The lowest BCUT2D eigenvalue weighted by molar-refractivity contribution is -0.112. The highest BCUT2D eigenvalue weighted by Crippen LogP contribution is 2.31. The van der Waals surface area contributed by atoms with Crippen molar-refractivity contribution in [2.75, 3.05) is 12.4 Å². The number of methoxy groups -OCH3 is 1.